The maximum absolute atomic E-state index is 14.8. The number of hydrogen-bond acceptors (Lipinski definition) is 0. The number of aryl methyl sites for hydroxylation is 1. The second kappa shape index (κ2) is 14.1. The topological polar surface area (TPSA) is 0 Å². The molecule has 194 valence electrons. The van der Waals surface area contributed by atoms with Gasteiger partial charge in [0.25, 0.3) is 0 Å². The molecule has 1 aliphatic rings. The van der Waals surface area contributed by atoms with Crippen molar-refractivity contribution in [1.82, 2.24) is 0 Å². The highest BCUT2D eigenvalue weighted by molar-refractivity contribution is 5.70. The average Bonchev–Trinajstić information content (AvgIpc) is 2.93. The Bertz CT molecular complexity index is 1130. The molecule has 1 atom stereocenters. The molecule has 0 saturated heterocycles. The van der Waals surface area contributed by atoms with E-state index < -0.39 is 0 Å². The Kier molecular flexibility index (Phi) is 10.4. The fourth-order valence-corrected chi connectivity index (χ4v) is 5.75. The van der Waals surface area contributed by atoms with Crippen molar-refractivity contribution in [2.75, 3.05) is 0 Å². The zero-order chi connectivity index (χ0) is 25.9. The van der Waals surface area contributed by atoms with Crippen LogP contribution in [-0.2, 0) is 12.8 Å². The summed E-state index contributed by atoms with van der Waals surface area (Å²) in [6.45, 7) is 4.31. The summed E-state index contributed by atoms with van der Waals surface area (Å²) in [5.74, 6) is 2.04. The fraction of sp³-hybridized carbons (Fsp3) is 0.389. The molecule has 0 radical (unpaired) electrons. The minimum absolute atomic E-state index is 0.151. The second-order valence-electron chi connectivity index (χ2n) is 11.0. The van der Waals surface area contributed by atoms with Gasteiger partial charge in [-0.1, -0.05) is 124 Å². The van der Waals surface area contributed by atoms with Crippen LogP contribution in [0.1, 0.15) is 92.5 Å². The van der Waals surface area contributed by atoms with E-state index in [1.54, 1.807) is 6.07 Å². The SMILES string of the molecule is C/C=C/CCC1CCC(CCc2ccc(C=Cc3ccc(C[C@@H](C)c4ccccc4)cc3F)cc2)CC1. The molecule has 0 aromatic heterocycles. The van der Waals surface area contributed by atoms with Crippen LogP contribution in [0, 0.1) is 17.7 Å². The predicted molar refractivity (Wildman–Crippen MR) is 158 cm³/mol. The van der Waals surface area contributed by atoms with Crippen molar-refractivity contribution in [3.8, 4) is 0 Å². The predicted octanol–water partition coefficient (Wildman–Crippen LogP) is 10.4. The molecule has 1 saturated carbocycles. The van der Waals surface area contributed by atoms with Crippen molar-refractivity contribution < 1.29 is 4.39 Å². The lowest BCUT2D eigenvalue weighted by atomic mass is 9.78. The van der Waals surface area contributed by atoms with Crippen molar-refractivity contribution in [2.24, 2.45) is 11.8 Å². The highest BCUT2D eigenvalue weighted by atomic mass is 19.1. The summed E-state index contributed by atoms with van der Waals surface area (Å²) in [7, 11) is 0. The van der Waals surface area contributed by atoms with Crippen LogP contribution < -0.4 is 0 Å². The van der Waals surface area contributed by atoms with Crippen LogP contribution in [0.2, 0.25) is 0 Å². The van der Waals surface area contributed by atoms with Gasteiger partial charge in [-0.25, -0.2) is 4.39 Å². The zero-order valence-corrected chi connectivity index (χ0v) is 22.7. The van der Waals surface area contributed by atoms with Crippen LogP contribution in [-0.4, -0.2) is 0 Å². The molecular weight excluding hydrogens is 451 g/mol. The molecular formula is C36H43F. The van der Waals surface area contributed by atoms with Crippen LogP contribution in [0.4, 0.5) is 4.39 Å². The van der Waals surface area contributed by atoms with Gasteiger partial charge in [-0.15, -0.1) is 0 Å². The van der Waals surface area contributed by atoms with Crippen LogP contribution in [0.3, 0.4) is 0 Å². The molecule has 0 nitrogen and oxygen atoms in total. The van der Waals surface area contributed by atoms with Crippen molar-refractivity contribution in [2.45, 2.75) is 77.6 Å². The number of hydrogen-bond donors (Lipinski definition) is 0. The molecule has 1 aliphatic carbocycles. The number of halogens is 1. The molecule has 0 unspecified atom stereocenters. The number of benzene rings is 3. The zero-order valence-electron chi connectivity index (χ0n) is 22.7. The Morgan fingerprint density at radius 1 is 0.811 bits per heavy atom. The first-order valence-corrected chi connectivity index (χ1v) is 14.3. The smallest absolute Gasteiger partial charge is 0.130 e. The lowest BCUT2D eigenvalue weighted by Crippen LogP contribution is -2.15. The summed E-state index contributed by atoms with van der Waals surface area (Å²) >= 11 is 0. The molecule has 1 heteroatoms. The van der Waals surface area contributed by atoms with Crippen molar-refractivity contribution in [1.29, 1.82) is 0 Å². The van der Waals surface area contributed by atoms with Gasteiger partial charge in [0.2, 0.25) is 0 Å². The number of allylic oxidation sites excluding steroid dienone is 2. The van der Waals surface area contributed by atoms with Gasteiger partial charge >= 0.3 is 0 Å². The lowest BCUT2D eigenvalue weighted by Gasteiger charge is -2.28. The Balaban J connectivity index is 1.23. The highest BCUT2D eigenvalue weighted by Gasteiger charge is 2.20. The molecule has 3 aromatic carbocycles. The van der Waals surface area contributed by atoms with Crippen molar-refractivity contribution >= 4 is 12.2 Å². The largest absolute Gasteiger partial charge is 0.206 e. The van der Waals surface area contributed by atoms with E-state index in [9.17, 15) is 4.39 Å². The molecule has 0 amide bonds. The quantitative estimate of drug-likeness (QED) is 0.184. The number of rotatable bonds is 11. The maximum atomic E-state index is 14.8. The third kappa shape index (κ3) is 8.56. The summed E-state index contributed by atoms with van der Waals surface area (Å²) in [4.78, 5) is 0. The third-order valence-corrected chi connectivity index (χ3v) is 8.20. The van der Waals surface area contributed by atoms with Gasteiger partial charge in [-0.2, -0.15) is 0 Å². The third-order valence-electron chi connectivity index (χ3n) is 8.20. The van der Waals surface area contributed by atoms with Gasteiger partial charge in [-0.3, -0.25) is 0 Å². The van der Waals surface area contributed by atoms with Gasteiger partial charge in [-0.05, 0) is 85.1 Å². The first kappa shape index (κ1) is 27.1. The van der Waals surface area contributed by atoms with E-state index in [0.717, 1.165) is 35.8 Å². The monoisotopic (exact) mass is 494 g/mol. The van der Waals surface area contributed by atoms with Crippen LogP contribution in [0.25, 0.3) is 12.2 Å². The first-order valence-electron chi connectivity index (χ1n) is 14.3. The molecule has 0 bridgehead atoms. The lowest BCUT2D eigenvalue weighted by molar-refractivity contribution is 0.254. The summed E-state index contributed by atoms with van der Waals surface area (Å²) in [6, 6.07) is 24.9. The molecule has 4 rings (SSSR count). The van der Waals surface area contributed by atoms with Gasteiger partial charge < -0.3 is 0 Å². The van der Waals surface area contributed by atoms with Crippen LogP contribution in [0.15, 0.2) is 84.9 Å². The molecule has 0 spiro atoms. The van der Waals surface area contributed by atoms with Gasteiger partial charge in [0.1, 0.15) is 5.82 Å². The Morgan fingerprint density at radius 2 is 1.49 bits per heavy atom. The van der Waals surface area contributed by atoms with Gasteiger partial charge in [0.15, 0.2) is 0 Å². The minimum Gasteiger partial charge on any atom is -0.206 e. The molecule has 0 aliphatic heterocycles. The Morgan fingerprint density at radius 3 is 2.16 bits per heavy atom. The van der Waals surface area contributed by atoms with E-state index in [2.05, 4.69) is 80.6 Å². The minimum atomic E-state index is -0.151. The van der Waals surface area contributed by atoms with Crippen LogP contribution in [0.5, 0.6) is 0 Å². The fourth-order valence-electron chi connectivity index (χ4n) is 5.75. The summed E-state index contributed by atoms with van der Waals surface area (Å²) in [5, 5.41) is 0. The van der Waals surface area contributed by atoms with Crippen molar-refractivity contribution in [3.05, 3.63) is 119 Å². The molecule has 0 N–H and O–H groups in total. The van der Waals surface area contributed by atoms with Gasteiger partial charge in [0, 0.05) is 5.56 Å². The van der Waals surface area contributed by atoms with E-state index in [0.29, 0.717) is 11.5 Å². The Hall–Kier alpha value is -2.93. The summed E-state index contributed by atoms with van der Waals surface area (Å²) in [5.41, 5.74) is 5.50. The Labute approximate surface area is 224 Å². The first-order chi connectivity index (χ1) is 18.1. The van der Waals surface area contributed by atoms with E-state index in [1.165, 1.54) is 56.1 Å². The van der Waals surface area contributed by atoms with Crippen molar-refractivity contribution in [3.63, 3.8) is 0 Å². The average molecular weight is 495 g/mol. The molecule has 3 aromatic rings. The van der Waals surface area contributed by atoms with E-state index in [1.807, 2.05) is 24.3 Å². The normalized spacial score (nSPS) is 19.0. The summed E-state index contributed by atoms with van der Waals surface area (Å²) in [6.07, 6.45) is 19.9. The molecule has 37 heavy (non-hydrogen) atoms. The van der Waals surface area contributed by atoms with Gasteiger partial charge in [0.05, 0.1) is 0 Å². The standard InChI is InChI=1S/C36H43F/c1-3-4-6-9-29-12-14-30(15-13-29)16-17-31-18-20-32(21-19-31)22-24-35-25-23-33(27-36(35)37)26-28(2)34-10-7-5-8-11-34/h3-5,7-8,10-11,18-25,27-30H,6,9,12-17,26H2,1-2H3/b4-3+,24-22?/t28-,29?,30?/m1/s1. The molecule has 1 fully saturated rings. The van der Waals surface area contributed by atoms with E-state index >= 15 is 0 Å². The maximum Gasteiger partial charge on any atom is 0.130 e. The van der Waals surface area contributed by atoms with E-state index in [-0.39, 0.29) is 5.82 Å². The summed E-state index contributed by atoms with van der Waals surface area (Å²) < 4.78 is 14.8. The van der Waals surface area contributed by atoms with E-state index in [4.69, 9.17) is 0 Å². The molecule has 0 heterocycles. The second-order valence-corrected chi connectivity index (χ2v) is 11.0. The van der Waals surface area contributed by atoms with Crippen LogP contribution >= 0.6 is 0 Å². The highest BCUT2D eigenvalue weighted by Crippen LogP contribution is 2.34.